The Balaban J connectivity index is 2.29. The second kappa shape index (κ2) is 6.55. The van der Waals surface area contributed by atoms with Crippen LogP contribution in [0.15, 0.2) is 44.5 Å². The van der Waals surface area contributed by atoms with Crippen LogP contribution in [-0.4, -0.2) is 21.7 Å². The zero-order chi connectivity index (χ0) is 15.5. The minimum Gasteiger partial charge on any atom is -0.464 e. The average molecular weight is 326 g/mol. The van der Waals surface area contributed by atoms with Gasteiger partial charge in [0, 0.05) is 16.6 Å². The van der Waals surface area contributed by atoms with Crippen molar-refractivity contribution in [1.29, 1.82) is 0 Å². The normalized spacial score (nSPS) is 11.6. The Morgan fingerprint density at radius 3 is 2.71 bits per heavy atom. The number of thioether (sulfide) groups is 1. The molecule has 21 heavy (non-hydrogen) atoms. The smallest absolute Gasteiger partial charge is 0.265 e. The van der Waals surface area contributed by atoms with Gasteiger partial charge in [0.2, 0.25) is 0 Å². The molecule has 0 aliphatic heterocycles. The summed E-state index contributed by atoms with van der Waals surface area (Å²) in [6.07, 6.45) is 1.94. The summed E-state index contributed by atoms with van der Waals surface area (Å²) in [5.41, 5.74) is 0.539. The van der Waals surface area contributed by atoms with Crippen LogP contribution in [0.25, 0.3) is 0 Å². The molecule has 0 fully saturated rings. The first-order valence-electron chi connectivity index (χ1n) is 6.37. The van der Waals surface area contributed by atoms with Gasteiger partial charge in [-0.1, -0.05) is 6.07 Å². The summed E-state index contributed by atoms with van der Waals surface area (Å²) in [4.78, 5) is 1.16. The highest BCUT2D eigenvalue weighted by Gasteiger charge is 2.21. The van der Waals surface area contributed by atoms with Crippen molar-refractivity contribution in [3.63, 3.8) is 0 Å². The van der Waals surface area contributed by atoms with Crippen LogP contribution < -0.4 is 10.0 Å². The van der Waals surface area contributed by atoms with Crippen LogP contribution in [0.1, 0.15) is 11.5 Å². The molecule has 1 aromatic carbocycles. The van der Waals surface area contributed by atoms with E-state index in [1.165, 1.54) is 0 Å². The minimum atomic E-state index is -3.65. The van der Waals surface area contributed by atoms with Crippen molar-refractivity contribution in [3.05, 3.63) is 41.9 Å². The van der Waals surface area contributed by atoms with Crippen LogP contribution in [-0.2, 0) is 16.6 Å². The summed E-state index contributed by atoms with van der Waals surface area (Å²) in [6, 6.07) is 8.81. The fraction of sp³-hybridized carbons (Fsp3) is 0.286. The predicted molar refractivity (Wildman–Crippen MR) is 85.2 cm³/mol. The van der Waals surface area contributed by atoms with E-state index in [2.05, 4.69) is 10.0 Å². The SMILES string of the molecule is CNCc1cc(S(=O)(=O)Nc2cccc(SC)c2)c(C)o1. The molecule has 2 rings (SSSR count). The highest BCUT2D eigenvalue weighted by Crippen LogP contribution is 2.25. The number of hydrogen-bond acceptors (Lipinski definition) is 5. The predicted octanol–water partition coefficient (Wildman–Crippen LogP) is 2.83. The molecule has 0 saturated carbocycles. The summed E-state index contributed by atoms with van der Waals surface area (Å²) < 4.78 is 32.9. The third-order valence-electron chi connectivity index (χ3n) is 2.89. The first-order chi connectivity index (χ1) is 9.96. The largest absolute Gasteiger partial charge is 0.464 e. The molecule has 0 atom stereocenters. The first-order valence-corrected chi connectivity index (χ1v) is 9.08. The van der Waals surface area contributed by atoms with Crippen LogP contribution in [0.3, 0.4) is 0 Å². The second-order valence-electron chi connectivity index (χ2n) is 4.50. The molecule has 2 N–H and O–H groups in total. The fourth-order valence-corrected chi connectivity index (χ4v) is 3.66. The molecule has 0 saturated heterocycles. The van der Waals surface area contributed by atoms with Crippen LogP contribution in [0.2, 0.25) is 0 Å². The van der Waals surface area contributed by atoms with E-state index >= 15 is 0 Å². The fourth-order valence-electron chi connectivity index (χ4n) is 1.95. The molecule has 0 aliphatic rings. The molecule has 0 aliphatic carbocycles. The van der Waals surface area contributed by atoms with E-state index < -0.39 is 10.0 Å². The van der Waals surface area contributed by atoms with Gasteiger partial charge >= 0.3 is 0 Å². The highest BCUT2D eigenvalue weighted by molar-refractivity contribution is 7.98. The molecular formula is C14H18N2O3S2. The molecule has 1 aromatic heterocycles. The van der Waals surface area contributed by atoms with Gasteiger partial charge in [0.1, 0.15) is 16.4 Å². The van der Waals surface area contributed by atoms with Crippen molar-refractivity contribution in [1.82, 2.24) is 5.32 Å². The van der Waals surface area contributed by atoms with E-state index in [4.69, 9.17) is 4.42 Å². The second-order valence-corrected chi connectivity index (χ2v) is 7.03. The van der Waals surface area contributed by atoms with Crippen LogP contribution in [0.5, 0.6) is 0 Å². The average Bonchev–Trinajstić information content (AvgIpc) is 2.81. The molecule has 2 aromatic rings. The molecule has 1 heterocycles. The Hall–Kier alpha value is -1.44. The molecule has 5 nitrogen and oxygen atoms in total. The highest BCUT2D eigenvalue weighted by atomic mass is 32.2. The standard InChI is InChI=1S/C14H18N2O3S2/c1-10-14(8-12(19-10)9-15-2)21(17,18)16-11-5-4-6-13(7-11)20-3/h4-8,15-16H,9H2,1-3H3. The lowest BCUT2D eigenvalue weighted by atomic mass is 10.3. The zero-order valence-corrected chi connectivity index (χ0v) is 13.8. The molecule has 0 spiro atoms. The Bertz CT molecular complexity index is 724. The lowest BCUT2D eigenvalue weighted by molar-refractivity contribution is 0.466. The Morgan fingerprint density at radius 2 is 2.05 bits per heavy atom. The van der Waals surface area contributed by atoms with Crippen LogP contribution in [0, 0.1) is 6.92 Å². The summed E-state index contributed by atoms with van der Waals surface area (Å²) >= 11 is 1.56. The lowest BCUT2D eigenvalue weighted by Gasteiger charge is -2.08. The molecular weight excluding hydrogens is 308 g/mol. The van der Waals surface area contributed by atoms with Crippen LogP contribution >= 0.6 is 11.8 Å². The monoisotopic (exact) mass is 326 g/mol. The van der Waals surface area contributed by atoms with Crippen molar-refractivity contribution < 1.29 is 12.8 Å². The van der Waals surface area contributed by atoms with Gasteiger partial charge in [-0.3, -0.25) is 4.72 Å². The van der Waals surface area contributed by atoms with Gasteiger partial charge < -0.3 is 9.73 Å². The summed E-state index contributed by atoms with van der Waals surface area (Å²) in [7, 11) is -1.87. The summed E-state index contributed by atoms with van der Waals surface area (Å²) in [5.74, 6) is 0.974. The van der Waals surface area contributed by atoms with Crippen molar-refractivity contribution in [2.24, 2.45) is 0 Å². The maximum absolute atomic E-state index is 12.4. The van der Waals surface area contributed by atoms with Crippen molar-refractivity contribution >= 4 is 27.5 Å². The Morgan fingerprint density at radius 1 is 1.29 bits per heavy atom. The number of sulfonamides is 1. The maximum atomic E-state index is 12.4. The number of aryl methyl sites for hydroxylation is 1. The number of hydrogen-bond donors (Lipinski definition) is 2. The van der Waals surface area contributed by atoms with Gasteiger partial charge in [-0.05, 0) is 38.4 Å². The van der Waals surface area contributed by atoms with Crippen molar-refractivity contribution in [2.45, 2.75) is 23.3 Å². The molecule has 0 radical (unpaired) electrons. The quantitative estimate of drug-likeness (QED) is 0.799. The van der Waals surface area contributed by atoms with Gasteiger partial charge in [-0.15, -0.1) is 11.8 Å². The van der Waals surface area contributed by atoms with Crippen molar-refractivity contribution in [3.8, 4) is 0 Å². The number of anilines is 1. The number of furan rings is 1. The number of nitrogens with one attached hydrogen (secondary N) is 2. The maximum Gasteiger partial charge on any atom is 0.265 e. The topological polar surface area (TPSA) is 71.3 Å². The van der Waals surface area contributed by atoms with Gasteiger partial charge in [-0.25, -0.2) is 8.42 Å². The van der Waals surface area contributed by atoms with E-state index in [0.717, 1.165) is 4.90 Å². The molecule has 114 valence electrons. The molecule has 0 amide bonds. The van der Waals surface area contributed by atoms with Gasteiger partial charge in [-0.2, -0.15) is 0 Å². The van der Waals surface area contributed by atoms with E-state index in [-0.39, 0.29) is 4.90 Å². The van der Waals surface area contributed by atoms with E-state index in [0.29, 0.717) is 23.8 Å². The Kier molecular flexibility index (Phi) is 4.97. The first kappa shape index (κ1) is 15.9. The number of benzene rings is 1. The molecule has 0 unspecified atom stereocenters. The zero-order valence-electron chi connectivity index (χ0n) is 12.1. The minimum absolute atomic E-state index is 0.169. The van der Waals surface area contributed by atoms with Gasteiger partial charge in [0.25, 0.3) is 10.0 Å². The lowest BCUT2D eigenvalue weighted by Crippen LogP contribution is -2.13. The summed E-state index contributed by atoms with van der Waals surface area (Å²) in [6.45, 7) is 2.13. The van der Waals surface area contributed by atoms with Crippen LogP contribution in [0.4, 0.5) is 5.69 Å². The Labute approximate surface area is 129 Å². The van der Waals surface area contributed by atoms with E-state index in [1.807, 2.05) is 18.4 Å². The van der Waals surface area contributed by atoms with Gasteiger partial charge in [0.05, 0.1) is 6.54 Å². The van der Waals surface area contributed by atoms with Crippen molar-refractivity contribution in [2.75, 3.05) is 18.0 Å². The third-order valence-corrected chi connectivity index (χ3v) is 5.10. The third kappa shape index (κ3) is 3.81. The number of rotatable bonds is 6. The van der Waals surface area contributed by atoms with E-state index in [9.17, 15) is 8.42 Å². The molecule has 0 bridgehead atoms. The summed E-state index contributed by atoms with van der Waals surface area (Å²) in [5, 5.41) is 2.93. The van der Waals surface area contributed by atoms with E-state index in [1.54, 1.807) is 43.9 Å². The molecule has 7 heteroatoms. The van der Waals surface area contributed by atoms with Gasteiger partial charge in [0.15, 0.2) is 0 Å².